The molecule has 5 rings (SSSR count). The Morgan fingerprint density at radius 2 is 1.81 bits per heavy atom. The van der Waals surface area contributed by atoms with Crippen LogP contribution in [-0.2, 0) is 23.1 Å². The number of benzene rings is 3. The second kappa shape index (κ2) is 11.2. The normalized spacial score (nSPS) is 18.8. The number of sulfonamides is 1. The molecule has 9 nitrogen and oxygen atoms in total. The number of alkyl halides is 3. The molecule has 3 atom stereocenters. The van der Waals surface area contributed by atoms with E-state index in [1.165, 1.54) is 36.1 Å². The minimum atomic E-state index is -5.69. The van der Waals surface area contributed by atoms with Crippen molar-refractivity contribution in [3.05, 3.63) is 76.3 Å². The number of aliphatic hydroxyl groups excluding tert-OH is 2. The predicted octanol–water partition coefficient (Wildman–Crippen LogP) is 5.03. The number of hydrogen-bond donors (Lipinski definition) is 3. The van der Waals surface area contributed by atoms with E-state index in [4.69, 9.17) is 14.2 Å². The molecular weight excluding hydrogens is 611 g/mol. The maximum absolute atomic E-state index is 13.5. The van der Waals surface area contributed by atoms with Crippen molar-refractivity contribution in [2.45, 2.75) is 30.9 Å². The highest BCUT2D eigenvalue weighted by Crippen LogP contribution is 2.42. The molecule has 0 amide bonds. The number of anilines is 1. The number of halogens is 5. The van der Waals surface area contributed by atoms with Gasteiger partial charge in [-0.15, -0.1) is 11.3 Å². The van der Waals surface area contributed by atoms with E-state index in [1.54, 1.807) is 0 Å². The average Bonchev–Trinajstić information content (AvgIpc) is 3.31. The van der Waals surface area contributed by atoms with Crippen LogP contribution >= 0.6 is 11.3 Å². The van der Waals surface area contributed by atoms with Crippen molar-refractivity contribution in [1.29, 1.82) is 0 Å². The number of hydrogen-bond acceptors (Lipinski definition) is 9. The standard InChI is InChI=1S/C26H21F5N2O7S2/c1-38-20-4-2-13(33-42(36,37)26(29,30)31)6-12(20)7-16-24(34)15-8-14(3-5-21(15)40-25(16)35)39-11-23-32-19-9-17(27)18(28)10-22(19)41-23/h2-6,8-10,16,24-25,33-35H,7,11H2,1H3/t16-,24-,25?/m0/s1. The molecule has 224 valence electrons. The molecular formula is C26H21F5N2O7S2. The summed E-state index contributed by atoms with van der Waals surface area (Å²) in [5.41, 5.74) is -5.24. The number of thiazole rings is 1. The SMILES string of the molecule is COc1ccc(NS(=O)(=O)C(F)(F)F)cc1C[C@@H]1C(O)Oc2ccc(OCc3nc4cc(F)c(F)cc4s3)cc2[C@@H]1O. The molecule has 0 spiro atoms. The van der Waals surface area contributed by atoms with Crippen LogP contribution in [0.4, 0.5) is 27.6 Å². The summed E-state index contributed by atoms with van der Waals surface area (Å²) >= 11 is 1.11. The first-order chi connectivity index (χ1) is 19.8. The van der Waals surface area contributed by atoms with Crippen molar-refractivity contribution in [3.8, 4) is 17.2 Å². The van der Waals surface area contributed by atoms with Crippen LogP contribution in [0, 0.1) is 17.6 Å². The van der Waals surface area contributed by atoms with Gasteiger partial charge in [0.15, 0.2) is 11.6 Å². The number of aromatic nitrogens is 1. The van der Waals surface area contributed by atoms with E-state index >= 15 is 0 Å². The zero-order valence-electron chi connectivity index (χ0n) is 21.4. The van der Waals surface area contributed by atoms with Crippen LogP contribution in [0.3, 0.4) is 0 Å². The zero-order chi connectivity index (χ0) is 30.4. The van der Waals surface area contributed by atoms with Gasteiger partial charge in [-0.2, -0.15) is 21.6 Å². The Morgan fingerprint density at radius 3 is 2.52 bits per heavy atom. The molecule has 0 saturated heterocycles. The fourth-order valence-corrected chi connectivity index (χ4v) is 5.86. The fraction of sp³-hybridized carbons (Fsp3) is 0.269. The van der Waals surface area contributed by atoms with Crippen LogP contribution in [0.5, 0.6) is 17.2 Å². The Labute approximate surface area is 239 Å². The van der Waals surface area contributed by atoms with E-state index < -0.39 is 51.2 Å². The highest BCUT2D eigenvalue weighted by Gasteiger charge is 2.46. The summed E-state index contributed by atoms with van der Waals surface area (Å²) in [7, 11) is -4.40. The molecule has 0 bridgehead atoms. The minimum absolute atomic E-state index is 0.0534. The Balaban J connectivity index is 1.35. The molecule has 3 N–H and O–H groups in total. The highest BCUT2D eigenvalue weighted by atomic mass is 32.2. The molecule has 0 saturated carbocycles. The van der Waals surface area contributed by atoms with E-state index in [2.05, 4.69) is 4.98 Å². The van der Waals surface area contributed by atoms with Gasteiger partial charge in [0.05, 0.1) is 29.3 Å². The first-order valence-corrected chi connectivity index (χ1v) is 14.4. The lowest BCUT2D eigenvalue weighted by molar-refractivity contribution is -0.118. The summed E-state index contributed by atoms with van der Waals surface area (Å²) in [5, 5.41) is 22.2. The monoisotopic (exact) mass is 632 g/mol. The van der Waals surface area contributed by atoms with Gasteiger partial charge < -0.3 is 24.4 Å². The number of rotatable bonds is 8. The van der Waals surface area contributed by atoms with Gasteiger partial charge >= 0.3 is 15.5 Å². The second-order valence-corrected chi connectivity index (χ2v) is 12.0. The predicted molar refractivity (Wildman–Crippen MR) is 141 cm³/mol. The lowest BCUT2D eigenvalue weighted by atomic mass is 9.86. The lowest BCUT2D eigenvalue weighted by Gasteiger charge is -2.35. The summed E-state index contributed by atoms with van der Waals surface area (Å²) < 4.78 is 107. The molecule has 0 aliphatic carbocycles. The maximum Gasteiger partial charge on any atom is 0.516 e. The van der Waals surface area contributed by atoms with Crippen LogP contribution in [0.25, 0.3) is 10.2 Å². The van der Waals surface area contributed by atoms with Crippen molar-refractivity contribution in [2.24, 2.45) is 5.92 Å². The molecule has 1 unspecified atom stereocenters. The van der Waals surface area contributed by atoms with Gasteiger partial charge in [0.2, 0.25) is 6.29 Å². The topological polar surface area (TPSA) is 127 Å². The van der Waals surface area contributed by atoms with Crippen LogP contribution in [-0.4, -0.2) is 42.5 Å². The van der Waals surface area contributed by atoms with Crippen LogP contribution < -0.4 is 18.9 Å². The first kappa shape index (κ1) is 29.8. The minimum Gasteiger partial charge on any atom is -0.496 e. The van der Waals surface area contributed by atoms with Crippen molar-refractivity contribution in [1.82, 2.24) is 4.98 Å². The molecule has 0 fully saturated rings. The van der Waals surface area contributed by atoms with Crippen molar-refractivity contribution in [3.63, 3.8) is 0 Å². The summed E-state index contributed by atoms with van der Waals surface area (Å²) in [5.74, 6) is -2.46. The van der Waals surface area contributed by atoms with Gasteiger partial charge in [-0.05, 0) is 54.4 Å². The summed E-state index contributed by atoms with van der Waals surface area (Å²) in [6, 6.07) is 9.90. The molecule has 3 aromatic carbocycles. The number of nitrogens with zero attached hydrogens (tertiary/aromatic N) is 1. The molecule has 0 radical (unpaired) electrons. The third-order valence-corrected chi connectivity index (χ3v) is 8.55. The smallest absolute Gasteiger partial charge is 0.496 e. The second-order valence-electron chi connectivity index (χ2n) is 9.23. The molecule has 1 aromatic heterocycles. The van der Waals surface area contributed by atoms with Crippen molar-refractivity contribution in [2.75, 3.05) is 11.8 Å². The van der Waals surface area contributed by atoms with Crippen molar-refractivity contribution >= 4 is 37.3 Å². The molecule has 4 aromatic rings. The Bertz CT molecular complexity index is 1710. The molecule has 1 aliphatic heterocycles. The number of aliphatic hydroxyl groups is 2. The molecule has 1 aliphatic rings. The summed E-state index contributed by atoms with van der Waals surface area (Å²) in [6.45, 7) is -0.0534. The largest absolute Gasteiger partial charge is 0.516 e. The van der Waals surface area contributed by atoms with E-state index in [9.17, 15) is 40.6 Å². The quantitative estimate of drug-likeness (QED) is 0.231. The maximum atomic E-state index is 13.5. The fourth-order valence-electron chi connectivity index (χ4n) is 4.42. The van der Waals surface area contributed by atoms with Crippen LogP contribution in [0.15, 0.2) is 48.5 Å². The molecule has 42 heavy (non-hydrogen) atoms. The molecule has 16 heteroatoms. The third-order valence-electron chi connectivity index (χ3n) is 6.45. The van der Waals surface area contributed by atoms with Gasteiger partial charge in [-0.1, -0.05) is 0 Å². The van der Waals surface area contributed by atoms with E-state index in [0.717, 1.165) is 35.6 Å². The Kier molecular flexibility index (Phi) is 7.91. The van der Waals surface area contributed by atoms with Crippen LogP contribution in [0.1, 0.15) is 22.2 Å². The van der Waals surface area contributed by atoms with E-state index in [-0.39, 0.29) is 46.9 Å². The first-order valence-electron chi connectivity index (χ1n) is 12.1. The van der Waals surface area contributed by atoms with Gasteiger partial charge in [0.1, 0.15) is 28.9 Å². The van der Waals surface area contributed by atoms with Gasteiger partial charge in [0, 0.05) is 17.3 Å². The number of methoxy groups -OCH3 is 1. The summed E-state index contributed by atoms with van der Waals surface area (Å²) in [4.78, 5) is 4.22. The molecule has 2 heterocycles. The lowest BCUT2D eigenvalue weighted by Crippen LogP contribution is -2.37. The average molecular weight is 633 g/mol. The van der Waals surface area contributed by atoms with E-state index in [0.29, 0.717) is 9.71 Å². The van der Waals surface area contributed by atoms with Crippen LogP contribution in [0.2, 0.25) is 0 Å². The van der Waals surface area contributed by atoms with Gasteiger partial charge in [0.25, 0.3) is 0 Å². The summed E-state index contributed by atoms with van der Waals surface area (Å²) in [6.07, 6.45) is -3.07. The van der Waals surface area contributed by atoms with E-state index in [1.807, 2.05) is 0 Å². The number of nitrogens with one attached hydrogen (secondary N) is 1. The van der Waals surface area contributed by atoms with Gasteiger partial charge in [-0.3, -0.25) is 4.72 Å². The highest BCUT2D eigenvalue weighted by molar-refractivity contribution is 7.93. The third kappa shape index (κ3) is 5.92. The number of fused-ring (bicyclic) bond motifs is 2. The zero-order valence-corrected chi connectivity index (χ0v) is 23.0. The Hall–Kier alpha value is -3.73. The van der Waals surface area contributed by atoms with Crippen molar-refractivity contribution < 1.29 is 54.8 Å². The Morgan fingerprint density at radius 1 is 1.07 bits per heavy atom. The van der Waals surface area contributed by atoms with Gasteiger partial charge in [-0.25, -0.2) is 13.8 Å². The number of ether oxygens (including phenoxy) is 3.